The van der Waals surface area contributed by atoms with Gasteiger partial charge in [0.15, 0.2) is 5.78 Å². The molecule has 2 aliphatic rings. The van der Waals surface area contributed by atoms with E-state index in [1.165, 1.54) is 4.31 Å². The molecule has 108 valence electrons. The fraction of sp³-hybridized carbons (Fsp3) is 0.500. The number of piperidine rings is 1. The van der Waals surface area contributed by atoms with Crippen LogP contribution in [-0.2, 0) is 10.2 Å². The van der Waals surface area contributed by atoms with Gasteiger partial charge in [-0.1, -0.05) is 18.6 Å². The van der Waals surface area contributed by atoms with Crippen molar-refractivity contribution in [3.8, 4) is 0 Å². The molecular formula is C14H18N2O3S. The minimum atomic E-state index is -3.51. The molecule has 2 heterocycles. The topological polar surface area (TPSA) is 57.7 Å². The highest BCUT2D eigenvalue weighted by atomic mass is 32.2. The minimum absolute atomic E-state index is 0.0192. The van der Waals surface area contributed by atoms with Crippen molar-refractivity contribution in [2.45, 2.75) is 25.7 Å². The van der Waals surface area contributed by atoms with Crippen LogP contribution >= 0.6 is 0 Å². The first kappa shape index (κ1) is 13.6. The molecular weight excluding hydrogens is 276 g/mol. The van der Waals surface area contributed by atoms with E-state index < -0.39 is 10.2 Å². The van der Waals surface area contributed by atoms with Crippen LogP contribution in [0.1, 0.15) is 36.0 Å². The van der Waals surface area contributed by atoms with Crippen LogP contribution in [0.25, 0.3) is 0 Å². The molecule has 6 heteroatoms. The average molecular weight is 294 g/mol. The summed E-state index contributed by atoms with van der Waals surface area (Å²) in [6, 6.07) is 6.97. The third-order valence-electron chi connectivity index (χ3n) is 3.93. The number of anilines is 1. The Morgan fingerprint density at radius 3 is 2.40 bits per heavy atom. The molecule has 0 aromatic heterocycles. The molecule has 1 fully saturated rings. The number of carbonyl (C=O) groups is 1. The predicted octanol–water partition coefficient (Wildman–Crippen LogP) is 1.81. The van der Waals surface area contributed by atoms with Gasteiger partial charge in [0.25, 0.3) is 0 Å². The van der Waals surface area contributed by atoms with Crippen molar-refractivity contribution in [1.29, 1.82) is 0 Å². The number of benzene rings is 1. The summed E-state index contributed by atoms with van der Waals surface area (Å²) in [5.41, 5.74) is 1.04. The number of carbonyl (C=O) groups excluding carboxylic acids is 1. The van der Waals surface area contributed by atoms with Crippen LogP contribution in [0.4, 0.5) is 5.69 Å². The maximum absolute atomic E-state index is 12.8. The van der Waals surface area contributed by atoms with Gasteiger partial charge in [-0.05, 0) is 25.0 Å². The molecule has 5 nitrogen and oxygen atoms in total. The summed E-state index contributed by atoms with van der Waals surface area (Å²) in [6.07, 6.45) is 3.16. The SMILES string of the molecule is O=C1CCN(S(=O)(=O)N2CCCCC2)c2ccccc21. The van der Waals surface area contributed by atoms with Crippen molar-refractivity contribution >= 4 is 21.7 Å². The normalized spacial score (nSPS) is 20.8. The number of hydrogen-bond acceptors (Lipinski definition) is 3. The lowest BCUT2D eigenvalue weighted by atomic mass is 10.0. The monoisotopic (exact) mass is 294 g/mol. The zero-order valence-corrected chi connectivity index (χ0v) is 12.1. The molecule has 1 saturated heterocycles. The standard InChI is InChI=1S/C14H18N2O3S/c17-14-8-11-16(13-7-3-2-6-12(13)14)20(18,19)15-9-4-1-5-10-15/h2-3,6-7H,1,4-5,8-11H2. The van der Waals surface area contributed by atoms with Gasteiger partial charge in [-0.25, -0.2) is 0 Å². The van der Waals surface area contributed by atoms with Crippen LogP contribution in [0.3, 0.4) is 0 Å². The molecule has 1 aromatic carbocycles. The molecule has 0 spiro atoms. The van der Waals surface area contributed by atoms with Gasteiger partial charge in [-0.15, -0.1) is 0 Å². The van der Waals surface area contributed by atoms with Gasteiger partial charge in [0.2, 0.25) is 0 Å². The van der Waals surface area contributed by atoms with E-state index in [1.807, 2.05) is 0 Å². The van der Waals surface area contributed by atoms with Gasteiger partial charge in [-0.3, -0.25) is 9.10 Å². The predicted molar refractivity (Wildman–Crippen MR) is 77.1 cm³/mol. The highest BCUT2D eigenvalue weighted by molar-refractivity contribution is 7.90. The molecule has 0 aliphatic carbocycles. The quantitative estimate of drug-likeness (QED) is 0.836. The first-order chi connectivity index (χ1) is 9.60. The molecule has 0 bridgehead atoms. The molecule has 0 atom stereocenters. The Bertz CT molecular complexity index is 621. The summed E-state index contributed by atoms with van der Waals surface area (Å²) in [5, 5.41) is 0. The molecule has 2 aliphatic heterocycles. The Hall–Kier alpha value is -1.40. The lowest BCUT2D eigenvalue weighted by Gasteiger charge is -2.35. The van der Waals surface area contributed by atoms with Crippen molar-refractivity contribution in [3.05, 3.63) is 29.8 Å². The second-order valence-corrected chi connectivity index (χ2v) is 7.08. The zero-order valence-electron chi connectivity index (χ0n) is 11.3. The number of fused-ring (bicyclic) bond motifs is 1. The largest absolute Gasteiger partial charge is 0.304 e. The fourth-order valence-corrected chi connectivity index (χ4v) is 4.59. The van der Waals surface area contributed by atoms with E-state index in [9.17, 15) is 13.2 Å². The maximum atomic E-state index is 12.8. The van der Waals surface area contributed by atoms with Crippen LogP contribution in [0, 0.1) is 0 Å². The van der Waals surface area contributed by atoms with Crippen LogP contribution in [0.15, 0.2) is 24.3 Å². The van der Waals surface area contributed by atoms with E-state index in [0.717, 1.165) is 19.3 Å². The van der Waals surface area contributed by atoms with Crippen LogP contribution in [-0.4, -0.2) is 38.1 Å². The van der Waals surface area contributed by atoms with Crippen molar-refractivity contribution < 1.29 is 13.2 Å². The third kappa shape index (κ3) is 2.23. The van der Waals surface area contributed by atoms with Crippen LogP contribution in [0.5, 0.6) is 0 Å². The number of nitrogens with zero attached hydrogens (tertiary/aromatic N) is 2. The second-order valence-electron chi connectivity index (χ2n) is 5.23. The smallest absolute Gasteiger partial charge is 0.294 e. The molecule has 0 radical (unpaired) electrons. The maximum Gasteiger partial charge on any atom is 0.304 e. The first-order valence-electron chi connectivity index (χ1n) is 7.01. The second kappa shape index (κ2) is 5.18. The van der Waals surface area contributed by atoms with E-state index in [4.69, 9.17) is 0 Å². The molecule has 1 aromatic rings. The molecule has 0 unspecified atom stereocenters. The van der Waals surface area contributed by atoms with E-state index in [2.05, 4.69) is 0 Å². The van der Waals surface area contributed by atoms with Gasteiger partial charge in [0.1, 0.15) is 0 Å². The highest BCUT2D eigenvalue weighted by Gasteiger charge is 2.35. The van der Waals surface area contributed by atoms with Gasteiger partial charge in [0, 0.05) is 31.6 Å². The average Bonchev–Trinajstić information content (AvgIpc) is 2.48. The number of ketones is 1. The zero-order chi connectivity index (χ0) is 14.2. The Morgan fingerprint density at radius 1 is 0.950 bits per heavy atom. The minimum Gasteiger partial charge on any atom is -0.294 e. The highest BCUT2D eigenvalue weighted by Crippen LogP contribution is 2.31. The van der Waals surface area contributed by atoms with E-state index in [1.54, 1.807) is 28.6 Å². The molecule has 0 saturated carbocycles. The number of hydrogen-bond donors (Lipinski definition) is 0. The molecule has 3 rings (SSSR count). The van der Waals surface area contributed by atoms with Crippen molar-refractivity contribution in [3.63, 3.8) is 0 Å². The Morgan fingerprint density at radius 2 is 1.65 bits per heavy atom. The summed E-state index contributed by atoms with van der Waals surface area (Å²) in [4.78, 5) is 11.9. The lowest BCUT2D eigenvalue weighted by molar-refractivity contribution is 0.0982. The third-order valence-corrected chi connectivity index (χ3v) is 5.89. The fourth-order valence-electron chi connectivity index (χ4n) is 2.86. The Labute approximate surface area is 119 Å². The van der Waals surface area contributed by atoms with Crippen LogP contribution < -0.4 is 4.31 Å². The first-order valence-corrected chi connectivity index (χ1v) is 8.40. The van der Waals surface area contributed by atoms with Crippen molar-refractivity contribution in [1.82, 2.24) is 4.31 Å². The van der Waals surface area contributed by atoms with Crippen molar-refractivity contribution in [2.75, 3.05) is 23.9 Å². The summed E-state index contributed by atoms with van der Waals surface area (Å²) >= 11 is 0. The van der Waals surface area contributed by atoms with E-state index >= 15 is 0 Å². The summed E-state index contributed by atoms with van der Waals surface area (Å²) < 4.78 is 28.4. The Kier molecular flexibility index (Phi) is 3.52. The van der Waals surface area contributed by atoms with E-state index in [-0.39, 0.29) is 18.7 Å². The van der Waals surface area contributed by atoms with Gasteiger partial charge in [0.05, 0.1) is 5.69 Å². The van der Waals surface area contributed by atoms with Gasteiger partial charge < -0.3 is 0 Å². The van der Waals surface area contributed by atoms with Gasteiger partial charge in [-0.2, -0.15) is 12.7 Å². The number of para-hydroxylation sites is 1. The number of Topliss-reactive ketones (excluding diaryl/α,β-unsaturated/α-hetero) is 1. The summed E-state index contributed by atoms with van der Waals surface area (Å²) in [5.74, 6) is 0.0192. The van der Waals surface area contributed by atoms with Gasteiger partial charge >= 0.3 is 10.2 Å². The van der Waals surface area contributed by atoms with Crippen LogP contribution in [0.2, 0.25) is 0 Å². The molecule has 0 amide bonds. The van der Waals surface area contributed by atoms with Crippen molar-refractivity contribution in [2.24, 2.45) is 0 Å². The summed E-state index contributed by atoms with van der Waals surface area (Å²) in [6.45, 7) is 1.40. The summed E-state index contributed by atoms with van der Waals surface area (Å²) in [7, 11) is -3.51. The van der Waals surface area contributed by atoms with E-state index in [0.29, 0.717) is 24.3 Å². The molecule has 20 heavy (non-hydrogen) atoms. The number of rotatable bonds is 2. The lowest BCUT2D eigenvalue weighted by Crippen LogP contribution is -2.48. The molecule has 0 N–H and O–H groups in total. The Balaban J connectivity index is 1.98.